The zero-order valence-electron chi connectivity index (χ0n) is 10.9. The molecular formula is C15H14ClN3. The standard InChI is InChI=1S/C15H14ClN3/c1-10-4-5-12(16)14(8-10)19-11(2)18(3)15-9-17-7-6-13(15)19/h4-9H,2H2,1,3H3. The van der Waals surface area contributed by atoms with Gasteiger partial charge in [-0.15, -0.1) is 0 Å². The van der Waals surface area contributed by atoms with Gasteiger partial charge in [-0.1, -0.05) is 24.2 Å². The molecule has 1 aliphatic heterocycles. The van der Waals surface area contributed by atoms with Crippen LogP contribution in [0.25, 0.3) is 0 Å². The van der Waals surface area contributed by atoms with Gasteiger partial charge in [0.1, 0.15) is 5.82 Å². The average Bonchev–Trinajstić information content (AvgIpc) is 2.66. The number of benzene rings is 1. The number of fused-ring (bicyclic) bond motifs is 1. The normalized spacial score (nSPS) is 13.9. The van der Waals surface area contributed by atoms with Crippen LogP contribution < -0.4 is 9.80 Å². The number of hydrogen-bond donors (Lipinski definition) is 0. The molecule has 1 aromatic carbocycles. The van der Waals surface area contributed by atoms with Crippen LogP contribution in [0.3, 0.4) is 0 Å². The topological polar surface area (TPSA) is 19.4 Å². The maximum absolute atomic E-state index is 6.34. The zero-order valence-corrected chi connectivity index (χ0v) is 11.6. The van der Waals surface area contributed by atoms with E-state index in [1.807, 2.05) is 36.3 Å². The molecular weight excluding hydrogens is 258 g/mol. The van der Waals surface area contributed by atoms with Crippen LogP contribution in [0.2, 0.25) is 5.02 Å². The zero-order chi connectivity index (χ0) is 13.6. The van der Waals surface area contributed by atoms with E-state index in [1.165, 1.54) is 0 Å². The van der Waals surface area contributed by atoms with Crippen molar-refractivity contribution in [2.75, 3.05) is 16.8 Å². The third-order valence-corrected chi connectivity index (χ3v) is 3.69. The summed E-state index contributed by atoms with van der Waals surface area (Å²) in [7, 11) is 1.98. The largest absolute Gasteiger partial charge is 0.328 e. The molecule has 0 saturated heterocycles. The highest BCUT2D eigenvalue weighted by Gasteiger charge is 2.29. The van der Waals surface area contributed by atoms with Crippen LogP contribution in [0.1, 0.15) is 5.56 Å². The molecule has 1 aliphatic rings. The summed E-state index contributed by atoms with van der Waals surface area (Å²) >= 11 is 6.34. The van der Waals surface area contributed by atoms with Crippen LogP contribution >= 0.6 is 11.6 Å². The summed E-state index contributed by atoms with van der Waals surface area (Å²) in [5.41, 5.74) is 4.20. The van der Waals surface area contributed by atoms with Crippen molar-refractivity contribution >= 4 is 28.7 Å². The van der Waals surface area contributed by atoms with Crippen molar-refractivity contribution in [3.63, 3.8) is 0 Å². The third kappa shape index (κ3) is 1.78. The molecule has 2 aromatic rings. The van der Waals surface area contributed by atoms with Gasteiger partial charge in [-0.25, -0.2) is 0 Å². The molecule has 19 heavy (non-hydrogen) atoms. The molecule has 0 unspecified atom stereocenters. The molecule has 4 heteroatoms. The number of pyridine rings is 1. The summed E-state index contributed by atoms with van der Waals surface area (Å²) in [5, 5.41) is 0.713. The molecule has 0 bridgehead atoms. The predicted molar refractivity (Wildman–Crippen MR) is 80.1 cm³/mol. The van der Waals surface area contributed by atoms with Crippen molar-refractivity contribution in [3.05, 3.63) is 59.6 Å². The van der Waals surface area contributed by atoms with E-state index in [4.69, 9.17) is 11.6 Å². The SMILES string of the molecule is C=C1N(C)c2cnccc2N1c1cc(C)ccc1Cl. The lowest BCUT2D eigenvalue weighted by Crippen LogP contribution is -2.20. The number of nitrogens with zero attached hydrogens (tertiary/aromatic N) is 3. The van der Waals surface area contributed by atoms with Crippen LogP contribution in [-0.2, 0) is 0 Å². The lowest BCUT2D eigenvalue weighted by Gasteiger charge is -2.23. The van der Waals surface area contributed by atoms with Gasteiger partial charge in [0.05, 0.1) is 28.3 Å². The highest BCUT2D eigenvalue weighted by atomic mass is 35.5. The fourth-order valence-electron chi connectivity index (χ4n) is 2.32. The van der Waals surface area contributed by atoms with Crippen molar-refractivity contribution in [1.29, 1.82) is 0 Å². The first-order valence-corrected chi connectivity index (χ1v) is 6.40. The highest BCUT2D eigenvalue weighted by Crippen LogP contribution is 2.46. The monoisotopic (exact) mass is 271 g/mol. The molecule has 0 N–H and O–H groups in total. The summed E-state index contributed by atoms with van der Waals surface area (Å²) in [5.74, 6) is 0.871. The van der Waals surface area contributed by atoms with Crippen molar-refractivity contribution in [1.82, 2.24) is 4.98 Å². The van der Waals surface area contributed by atoms with Gasteiger partial charge in [0, 0.05) is 13.2 Å². The van der Waals surface area contributed by atoms with E-state index in [0.29, 0.717) is 5.02 Å². The minimum absolute atomic E-state index is 0.713. The summed E-state index contributed by atoms with van der Waals surface area (Å²) in [6.45, 7) is 6.20. The lowest BCUT2D eigenvalue weighted by atomic mass is 10.2. The Morgan fingerprint density at radius 1 is 1.16 bits per heavy atom. The number of hydrogen-bond acceptors (Lipinski definition) is 3. The Bertz CT molecular complexity index is 666. The van der Waals surface area contributed by atoms with Crippen molar-refractivity contribution in [2.24, 2.45) is 0 Å². The first-order valence-electron chi connectivity index (χ1n) is 6.02. The molecule has 1 aromatic heterocycles. The number of anilines is 3. The van der Waals surface area contributed by atoms with Gasteiger partial charge in [0.2, 0.25) is 0 Å². The summed E-state index contributed by atoms with van der Waals surface area (Å²) in [4.78, 5) is 8.24. The van der Waals surface area contributed by atoms with E-state index in [2.05, 4.69) is 29.5 Å². The van der Waals surface area contributed by atoms with Crippen LogP contribution in [0, 0.1) is 6.92 Å². The summed E-state index contributed by atoms with van der Waals surface area (Å²) in [6.07, 6.45) is 3.62. The fraction of sp³-hybridized carbons (Fsp3) is 0.133. The number of aryl methyl sites for hydroxylation is 1. The van der Waals surface area contributed by atoms with E-state index in [9.17, 15) is 0 Å². The van der Waals surface area contributed by atoms with Gasteiger partial charge >= 0.3 is 0 Å². The van der Waals surface area contributed by atoms with Gasteiger partial charge in [0.25, 0.3) is 0 Å². The summed E-state index contributed by atoms with van der Waals surface area (Å²) in [6, 6.07) is 7.96. The summed E-state index contributed by atoms with van der Waals surface area (Å²) < 4.78 is 0. The van der Waals surface area contributed by atoms with Crippen molar-refractivity contribution in [2.45, 2.75) is 6.92 Å². The Balaban J connectivity index is 2.21. The van der Waals surface area contributed by atoms with Crippen LogP contribution in [0.15, 0.2) is 49.1 Å². The molecule has 0 atom stereocenters. The molecule has 0 spiro atoms. The average molecular weight is 272 g/mol. The lowest BCUT2D eigenvalue weighted by molar-refractivity contribution is 1.09. The molecule has 0 fully saturated rings. The Morgan fingerprint density at radius 3 is 2.74 bits per heavy atom. The maximum atomic E-state index is 6.34. The minimum atomic E-state index is 0.713. The molecule has 3 nitrogen and oxygen atoms in total. The van der Waals surface area contributed by atoms with Gasteiger partial charge < -0.3 is 4.90 Å². The second-order valence-corrected chi connectivity index (χ2v) is 5.04. The number of halogens is 1. The van der Waals surface area contributed by atoms with Crippen molar-refractivity contribution in [3.8, 4) is 0 Å². The quantitative estimate of drug-likeness (QED) is 0.778. The molecule has 0 amide bonds. The minimum Gasteiger partial charge on any atom is -0.328 e. The molecule has 96 valence electrons. The second kappa shape index (κ2) is 4.28. The van der Waals surface area contributed by atoms with Crippen LogP contribution in [0.5, 0.6) is 0 Å². The molecule has 0 saturated carbocycles. The van der Waals surface area contributed by atoms with E-state index in [1.54, 1.807) is 6.20 Å². The van der Waals surface area contributed by atoms with Gasteiger partial charge in [0.15, 0.2) is 0 Å². The Hall–Kier alpha value is -2.00. The van der Waals surface area contributed by atoms with Crippen LogP contribution in [0.4, 0.5) is 17.1 Å². The van der Waals surface area contributed by atoms with E-state index >= 15 is 0 Å². The Labute approximate surface area is 117 Å². The highest BCUT2D eigenvalue weighted by molar-refractivity contribution is 6.33. The van der Waals surface area contributed by atoms with Crippen molar-refractivity contribution < 1.29 is 0 Å². The van der Waals surface area contributed by atoms with Gasteiger partial charge in [-0.05, 0) is 30.7 Å². The van der Waals surface area contributed by atoms with Gasteiger partial charge in [-0.3, -0.25) is 9.88 Å². The van der Waals surface area contributed by atoms with E-state index in [-0.39, 0.29) is 0 Å². The second-order valence-electron chi connectivity index (χ2n) is 4.63. The van der Waals surface area contributed by atoms with E-state index in [0.717, 1.165) is 28.4 Å². The van der Waals surface area contributed by atoms with Crippen LogP contribution in [-0.4, -0.2) is 12.0 Å². The molecule has 2 heterocycles. The number of rotatable bonds is 1. The fourth-order valence-corrected chi connectivity index (χ4v) is 2.52. The number of aromatic nitrogens is 1. The predicted octanol–water partition coefficient (Wildman–Crippen LogP) is 4.10. The smallest absolute Gasteiger partial charge is 0.110 e. The third-order valence-electron chi connectivity index (χ3n) is 3.37. The first-order chi connectivity index (χ1) is 9.09. The van der Waals surface area contributed by atoms with E-state index < -0.39 is 0 Å². The maximum Gasteiger partial charge on any atom is 0.110 e. The first kappa shape index (κ1) is 12.1. The Kier molecular flexibility index (Phi) is 2.72. The van der Waals surface area contributed by atoms with Gasteiger partial charge in [-0.2, -0.15) is 0 Å². The molecule has 0 radical (unpaired) electrons. The Morgan fingerprint density at radius 2 is 1.95 bits per heavy atom. The molecule has 0 aliphatic carbocycles. The molecule has 3 rings (SSSR count).